The fourth-order valence-corrected chi connectivity index (χ4v) is 8.85. The number of likely N-dealkylation sites (tertiary alicyclic amines) is 1. The first kappa shape index (κ1) is 23.3. The van der Waals surface area contributed by atoms with E-state index in [2.05, 4.69) is 64.2 Å². The summed E-state index contributed by atoms with van der Waals surface area (Å²) in [5, 5.41) is 0. The minimum atomic E-state index is -0.110. The van der Waals surface area contributed by atoms with Crippen molar-refractivity contribution < 1.29 is 14.2 Å². The number of hydrogen-bond acceptors (Lipinski definition) is 4. The second kappa shape index (κ2) is 8.61. The summed E-state index contributed by atoms with van der Waals surface area (Å²) >= 11 is 3.85. The fourth-order valence-electron chi connectivity index (χ4n) is 8.43. The number of nitrogens with zero attached hydrogens (tertiary/aromatic N) is 1. The van der Waals surface area contributed by atoms with Gasteiger partial charge in [-0.3, -0.25) is 4.90 Å². The van der Waals surface area contributed by atoms with Gasteiger partial charge in [0.25, 0.3) is 0 Å². The molecule has 5 aliphatic rings. The summed E-state index contributed by atoms with van der Waals surface area (Å²) in [6.07, 6.45) is 9.08. The van der Waals surface area contributed by atoms with Crippen LogP contribution in [0.15, 0.2) is 58.8 Å². The van der Waals surface area contributed by atoms with Crippen LogP contribution in [0.4, 0.5) is 0 Å². The van der Waals surface area contributed by atoms with Crippen molar-refractivity contribution in [2.45, 2.75) is 75.7 Å². The predicted octanol–water partition coefficient (Wildman–Crippen LogP) is 6.40. The molecule has 190 valence electrons. The molecule has 3 aliphatic carbocycles. The number of methoxy groups -OCH3 is 1. The van der Waals surface area contributed by atoms with Gasteiger partial charge >= 0.3 is 0 Å². The monoisotopic (exact) mass is 549 g/mol. The molecule has 2 aromatic rings. The number of piperidine rings is 1. The van der Waals surface area contributed by atoms with Crippen LogP contribution in [0, 0.1) is 11.3 Å². The van der Waals surface area contributed by atoms with Gasteiger partial charge in [0.05, 0.1) is 10.7 Å². The third-order valence-corrected chi connectivity index (χ3v) is 10.7. The molecule has 0 amide bonds. The summed E-state index contributed by atoms with van der Waals surface area (Å²) in [6.45, 7) is 5.41. The molecular formula is C31H36BrNO3. The van der Waals surface area contributed by atoms with Gasteiger partial charge in [-0.05, 0) is 89.7 Å². The summed E-state index contributed by atoms with van der Waals surface area (Å²) in [5.74, 6) is 1.96. The summed E-state index contributed by atoms with van der Waals surface area (Å²) in [6, 6.07) is 15.5. The molecule has 2 heterocycles. The average Bonchev–Trinajstić information content (AvgIpc) is 3.65. The number of ether oxygens (including phenoxy) is 3. The topological polar surface area (TPSA) is 30.9 Å². The van der Waals surface area contributed by atoms with E-state index in [0.29, 0.717) is 12.6 Å². The van der Waals surface area contributed by atoms with Crippen LogP contribution >= 0.6 is 15.9 Å². The van der Waals surface area contributed by atoms with E-state index in [1.54, 1.807) is 0 Å². The maximum atomic E-state index is 6.98. The Labute approximate surface area is 223 Å². The summed E-state index contributed by atoms with van der Waals surface area (Å²) in [5.41, 5.74) is 5.51. The van der Waals surface area contributed by atoms with Crippen LogP contribution in [0.5, 0.6) is 5.75 Å². The SMILES string of the molecule is CCC12CC(=COCc3ccccc3)C(OC)C3Oc4c(Br)ccc5c4C31CCN(CC1CC1)C2C5. The van der Waals surface area contributed by atoms with Crippen LogP contribution in [0.3, 0.4) is 0 Å². The second-order valence-corrected chi connectivity index (χ2v) is 12.5. The quantitative estimate of drug-likeness (QED) is 0.373. The highest BCUT2D eigenvalue weighted by molar-refractivity contribution is 9.10. The minimum absolute atomic E-state index is 0.0173. The van der Waals surface area contributed by atoms with E-state index in [0.717, 1.165) is 48.4 Å². The molecule has 7 rings (SSSR count). The van der Waals surface area contributed by atoms with Crippen molar-refractivity contribution in [1.82, 2.24) is 4.90 Å². The van der Waals surface area contributed by atoms with Gasteiger partial charge in [-0.1, -0.05) is 43.3 Å². The molecule has 1 saturated heterocycles. The van der Waals surface area contributed by atoms with Crippen LogP contribution in [0.25, 0.3) is 0 Å². The van der Waals surface area contributed by atoms with E-state index in [9.17, 15) is 0 Å². The molecule has 5 heteroatoms. The van der Waals surface area contributed by atoms with Gasteiger partial charge in [0.1, 0.15) is 24.6 Å². The lowest BCUT2D eigenvalue weighted by Gasteiger charge is -2.67. The molecule has 0 aromatic heterocycles. The maximum Gasteiger partial charge on any atom is 0.139 e. The number of benzene rings is 2. The lowest BCUT2D eigenvalue weighted by molar-refractivity contribution is -0.150. The lowest BCUT2D eigenvalue weighted by Crippen LogP contribution is -2.73. The molecule has 5 atom stereocenters. The van der Waals surface area contributed by atoms with E-state index >= 15 is 0 Å². The fraction of sp³-hybridized carbons (Fsp3) is 0.548. The second-order valence-electron chi connectivity index (χ2n) is 11.7. The predicted molar refractivity (Wildman–Crippen MR) is 144 cm³/mol. The maximum absolute atomic E-state index is 6.98. The first-order chi connectivity index (χ1) is 17.6. The van der Waals surface area contributed by atoms with E-state index in [4.69, 9.17) is 14.2 Å². The van der Waals surface area contributed by atoms with Crippen LogP contribution < -0.4 is 4.74 Å². The third-order valence-electron chi connectivity index (χ3n) is 10.1. The highest BCUT2D eigenvalue weighted by atomic mass is 79.9. The van der Waals surface area contributed by atoms with Crippen LogP contribution in [-0.2, 0) is 27.9 Å². The zero-order chi connectivity index (χ0) is 24.5. The van der Waals surface area contributed by atoms with E-state index in [1.807, 2.05) is 19.4 Å². The Kier molecular flexibility index (Phi) is 5.57. The van der Waals surface area contributed by atoms with Gasteiger partial charge in [-0.2, -0.15) is 0 Å². The number of rotatable bonds is 7. The van der Waals surface area contributed by atoms with E-state index in [1.165, 1.54) is 41.6 Å². The van der Waals surface area contributed by atoms with Crippen LogP contribution in [0.2, 0.25) is 0 Å². The molecule has 2 aromatic carbocycles. The van der Waals surface area contributed by atoms with Crippen LogP contribution in [-0.4, -0.2) is 43.3 Å². The van der Waals surface area contributed by atoms with Crippen molar-refractivity contribution in [2.75, 3.05) is 20.2 Å². The van der Waals surface area contributed by atoms with Gasteiger partial charge in [0.15, 0.2) is 0 Å². The molecule has 36 heavy (non-hydrogen) atoms. The molecule has 2 aliphatic heterocycles. The van der Waals surface area contributed by atoms with Crippen molar-refractivity contribution in [3.8, 4) is 5.75 Å². The van der Waals surface area contributed by atoms with Gasteiger partial charge in [-0.15, -0.1) is 0 Å². The van der Waals surface area contributed by atoms with Crippen molar-refractivity contribution in [3.63, 3.8) is 0 Å². The molecule has 0 N–H and O–H groups in total. The minimum Gasteiger partial charge on any atom is -0.496 e. The zero-order valence-corrected chi connectivity index (χ0v) is 22.9. The van der Waals surface area contributed by atoms with Gasteiger partial charge in [0.2, 0.25) is 0 Å². The zero-order valence-electron chi connectivity index (χ0n) is 21.3. The highest BCUT2D eigenvalue weighted by Crippen LogP contribution is 2.71. The molecule has 5 unspecified atom stereocenters. The smallest absolute Gasteiger partial charge is 0.139 e. The average molecular weight is 551 g/mol. The molecule has 3 fully saturated rings. The molecular weight excluding hydrogens is 514 g/mol. The Balaban J connectivity index is 1.34. The standard InChI is InChI=1S/C31H36BrNO3/c1-3-30-16-23(19-35-18-21-7-5-4-6-8-21)27(34-2)29-31(30)13-14-33(17-20-9-10-20)25(30)15-22-11-12-24(32)28(36-29)26(22)31/h4-8,11-12,19-20,25,27,29H,3,9-10,13-18H2,1-2H3. The Bertz CT molecular complexity index is 1190. The lowest BCUT2D eigenvalue weighted by atomic mass is 9.42. The van der Waals surface area contributed by atoms with E-state index in [-0.39, 0.29) is 23.0 Å². The van der Waals surface area contributed by atoms with Crippen LogP contribution in [0.1, 0.15) is 55.7 Å². The summed E-state index contributed by atoms with van der Waals surface area (Å²) in [7, 11) is 1.84. The summed E-state index contributed by atoms with van der Waals surface area (Å²) < 4.78 is 20.6. The Morgan fingerprint density at radius 3 is 2.75 bits per heavy atom. The normalized spacial score (nSPS) is 35.4. The van der Waals surface area contributed by atoms with Crippen molar-refractivity contribution >= 4 is 15.9 Å². The van der Waals surface area contributed by atoms with Crippen molar-refractivity contribution in [3.05, 3.63) is 75.5 Å². The van der Waals surface area contributed by atoms with Crippen molar-refractivity contribution in [1.29, 1.82) is 0 Å². The van der Waals surface area contributed by atoms with Gasteiger partial charge in [-0.25, -0.2) is 0 Å². The first-order valence-corrected chi connectivity index (χ1v) is 14.5. The molecule has 4 nitrogen and oxygen atoms in total. The first-order valence-electron chi connectivity index (χ1n) is 13.7. The molecule has 2 bridgehead atoms. The Morgan fingerprint density at radius 2 is 2.00 bits per heavy atom. The highest BCUT2D eigenvalue weighted by Gasteiger charge is 2.73. The Hall–Kier alpha value is -1.82. The molecule has 0 radical (unpaired) electrons. The van der Waals surface area contributed by atoms with Gasteiger partial charge < -0.3 is 14.2 Å². The van der Waals surface area contributed by atoms with E-state index < -0.39 is 0 Å². The number of hydrogen-bond donors (Lipinski definition) is 0. The molecule has 2 saturated carbocycles. The van der Waals surface area contributed by atoms with Gasteiger partial charge in [0, 0.05) is 36.1 Å². The molecule has 1 spiro atoms. The Morgan fingerprint density at radius 1 is 1.17 bits per heavy atom. The van der Waals surface area contributed by atoms with Crippen molar-refractivity contribution in [2.24, 2.45) is 11.3 Å². The third kappa shape index (κ3) is 3.18. The number of halogens is 1. The largest absolute Gasteiger partial charge is 0.496 e. The summed E-state index contributed by atoms with van der Waals surface area (Å²) in [4.78, 5) is 2.86.